The average molecular weight is 381 g/mol. The van der Waals surface area contributed by atoms with E-state index in [0.717, 1.165) is 56.3 Å². The number of benzene rings is 1. The third kappa shape index (κ3) is 5.31. The number of rotatable bonds is 7. The van der Waals surface area contributed by atoms with Crippen LogP contribution in [0.1, 0.15) is 24.8 Å². The van der Waals surface area contributed by atoms with Crippen molar-refractivity contribution in [2.24, 2.45) is 16.6 Å². The number of likely N-dealkylation sites (tertiary alicyclic amines) is 1. The molecule has 2 heterocycles. The van der Waals surface area contributed by atoms with Crippen LogP contribution in [0, 0.1) is 5.92 Å². The van der Waals surface area contributed by atoms with Crippen LogP contribution >= 0.6 is 11.6 Å². The van der Waals surface area contributed by atoms with Gasteiger partial charge in [0, 0.05) is 30.8 Å². The van der Waals surface area contributed by atoms with E-state index in [9.17, 15) is 5.11 Å². The normalized spacial score (nSPS) is 25.9. The Bertz CT molecular complexity index is 596. The first-order valence-corrected chi connectivity index (χ1v) is 9.72. The summed E-state index contributed by atoms with van der Waals surface area (Å²) in [7, 11) is 0. The van der Waals surface area contributed by atoms with E-state index in [-0.39, 0.29) is 12.9 Å². The number of hydrogen-bond acceptors (Lipinski definition) is 7. The summed E-state index contributed by atoms with van der Waals surface area (Å²) in [4.78, 5) is 6.63. The van der Waals surface area contributed by atoms with Crippen LogP contribution in [0.3, 0.4) is 0 Å². The smallest absolute Gasteiger partial charge is 0.211 e. The van der Waals surface area contributed by atoms with Crippen molar-refractivity contribution in [3.8, 4) is 0 Å². The number of nitrogens with one attached hydrogen (secondary N) is 3. The number of aliphatic hydroxyl groups is 1. The lowest BCUT2D eigenvalue weighted by atomic mass is 9.88. The maximum absolute atomic E-state index is 9.24. The van der Waals surface area contributed by atoms with Gasteiger partial charge in [0.25, 0.3) is 0 Å². The summed E-state index contributed by atoms with van der Waals surface area (Å²) in [6.45, 7) is 3.03. The van der Waals surface area contributed by atoms with Crippen LogP contribution in [0.25, 0.3) is 0 Å². The molecule has 26 heavy (non-hydrogen) atoms. The summed E-state index contributed by atoms with van der Waals surface area (Å²) in [6.07, 6.45) is 3.48. The molecule has 144 valence electrons. The number of guanidine groups is 1. The van der Waals surface area contributed by atoms with Gasteiger partial charge in [0.15, 0.2) is 6.29 Å². The average Bonchev–Trinajstić information content (AvgIpc) is 3.08. The van der Waals surface area contributed by atoms with Crippen LogP contribution in [-0.2, 0) is 6.42 Å². The Morgan fingerprint density at radius 2 is 2.15 bits per heavy atom. The van der Waals surface area contributed by atoms with E-state index in [2.05, 4.69) is 38.2 Å². The molecule has 1 fully saturated rings. The molecule has 0 amide bonds. The van der Waals surface area contributed by atoms with Crippen molar-refractivity contribution in [1.82, 2.24) is 21.1 Å². The highest BCUT2D eigenvalue weighted by molar-refractivity contribution is 6.30. The van der Waals surface area contributed by atoms with Gasteiger partial charge in [-0.15, -0.1) is 0 Å². The molecule has 3 atom stereocenters. The van der Waals surface area contributed by atoms with Gasteiger partial charge in [0.05, 0.1) is 0 Å². The van der Waals surface area contributed by atoms with Crippen molar-refractivity contribution in [2.45, 2.75) is 38.0 Å². The molecule has 8 heteroatoms. The molecule has 3 rings (SSSR count). The minimum atomic E-state index is -0.379. The molecule has 6 N–H and O–H groups in total. The Balaban J connectivity index is 1.52. The molecule has 1 aromatic rings. The zero-order valence-electron chi connectivity index (χ0n) is 15.0. The van der Waals surface area contributed by atoms with Crippen molar-refractivity contribution in [3.63, 3.8) is 0 Å². The number of aliphatic imine (C=N–C) groups is 1. The van der Waals surface area contributed by atoms with E-state index in [1.165, 1.54) is 5.56 Å². The van der Waals surface area contributed by atoms with Crippen LogP contribution < -0.4 is 21.9 Å². The standard InChI is InChI=1S/C18H29ClN6O/c19-15-5-3-13(4-6-15)7-9-21-16-8-10-25(12-14(16)2-1-11-26)18-22-17(20)23-24-18/h3-6,14,16-17,21,23,26H,1-2,7-12,20H2,(H,22,24). The lowest BCUT2D eigenvalue weighted by molar-refractivity contribution is 0.173. The van der Waals surface area contributed by atoms with E-state index in [1.54, 1.807) is 0 Å². The Labute approximate surface area is 160 Å². The molecule has 0 aliphatic carbocycles. The van der Waals surface area contributed by atoms with Gasteiger partial charge in [-0.1, -0.05) is 23.7 Å². The summed E-state index contributed by atoms with van der Waals surface area (Å²) in [5.74, 6) is 1.30. The fourth-order valence-electron chi connectivity index (χ4n) is 3.69. The molecule has 1 saturated heterocycles. The lowest BCUT2D eigenvalue weighted by Gasteiger charge is -2.40. The Morgan fingerprint density at radius 1 is 1.35 bits per heavy atom. The van der Waals surface area contributed by atoms with Crippen LogP contribution in [-0.4, -0.2) is 54.5 Å². The Morgan fingerprint density at radius 3 is 2.85 bits per heavy atom. The number of halogens is 1. The molecule has 0 radical (unpaired) electrons. The van der Waals surface area contributed by atoms with Crippen molar-refractivity contribution >= 4 is 17.6 Å². The van der Waals surface area contributed by atoms with Gasteiger partial charge >= 0.3 is 0 Å². The van der Waals surface area contributed by atoms with Crippen LogP contribution in [0.4, 0.5) is 0 Å². The summed E-state index contributed by atoms with van der Waals surface area (Å²) < 4.78 is 0. The van der Waals surface area contributed by atoms with Gasteiger partial charge in [-0.2, -0.15) is 5.43 Å². The maximum Gasteiger partial charge on any atom is 0.211 e. The minimum Gasteiger partial charge on any atom is -0.396 e. The molecule has 0 saturated carbocycles. The summed E-state index contributed by atoms with van der Waals surface area (Å²) in [6, 6.07) is 8.49. The highest BCUT2D eigenvalue weighted by Crippen LogP contribution is 2.22. The first kappa shape index (κ1) is 19.4. The number of nitrogens with two attached hydrogens (primary N) is 1. The number of nitrogens with zero attached hydrogens (tertiary/aromatic N) is 2. The molecule has 1 aromatic carbocycles. The third-order valence-electron chi connectivity index (χ3n) is 5.09. The predicted molar refractivity (Wildman–Crippen MR) is 105 cm³/mol. The first-order valence-electron chi connectivity index (χ1n) is 9.34. The van der Waals surface area contributed by atoms with Crippen LogP contribution in [0.15, 0.2) is 29.3 Å². The zero-order chi connectivity index (χ0) is 18.4. The predicted octanol–water partition coefficient (Wildman–Crippen LogP) is 0.641. The molecule has 0 bridgehead atoms. The first-order chi connectivity index (χ1) is 12.7. The summed E-state index contributed by atoms with van der Waals surface area (Å²) in [5.41, 5.74) is 13.0. The number of aliphatic hydroxyl groups excluding tert-OH is 1. The van der Waals surface area contributed by atoms with Crippen molar-refractivity contribution < 1.29 is 5.11 Å². The second-order valence-corrected chi connectivity index (χ2v) is 7.40. The molecular formula is C18H29ClN6O. The van der Waals surface area contributed by atoms with E-state index >= 15 is 0 Å². The molecule has 2 aliphatic rings. The minimum absolute atomic E-state index is 0.236. The zero-order valence-corrected chi connectivity index (χ0v) is 15.8. The fourth-order valence-corrected chi connectivity index (χ4v) is 3.81. The number of piperidine rings is 1. The lowest BCUT2D eigenvalue weighted by Crippen LogP contribution is -2.54. The fraction of sp³-hybridized carbons (Fsp3) is 0.611. The molecular weight excluding hydrogens is 352 g/mol. The quantitative estimate of drug-likeness (QED) is 0.476. The van der Waals surface area contributed by atoms with Gasteiger partial charge in [-0.25, -0.2) is 4.99 Å². The summed E-state index contributed by atoms with van der Waals surface area (Å²) >= 11 is 5.94. The molecule has 0 aromatic heterocycles. The SMILES string of the molecule is NC1N=C(N2CCC(NCCc3ccc(Cl)cc3)C(CCCO)C2)NN1. The van der Waals surface area contributed by atoms with Gasteiger partial charge in [-0.3, -0.25) is 11.2 Å². The van der Waals surface area contributed by atoms with Gasteiger partial charge in [-0.05, 0) is 55.8 Å². The largest absolute Gasteiger partial charge is 0.396 e. The highest BCUT2D eigenvalue weighted by atomic mass is 35.5. The molecule has 3 unspecified atom stereocenters. The highest BCUT2D eigenvalue weighted by Gasteiger charge is 2.31. The topological polar surface area (TPSA) is 97.9 Å². The summed E-state index contributed by atoms with van der Waals surface area (Å²) in [5, 5.41) is 13.7. The van der Waals surface area contributed by atoms with Crippen molar-refractivity contribution in [1.29, 1.82) is 0 Å². The van der Waals surface area contributed by atoms with Crippen molar-refractivity contribution in [3.05, 3.63) is 34.9 Å². The second-order valence-electron chi connectivity index (χ2n) is 6.96. The van der Waals surface area contributed by atoms with E-state index < -0.39 is 0 Å². The van der Waals surface area contributed by atoms with E-state index in [4.69, 9.17) is 17.3 Å². The Kier molecular flexibility index (Phi) is 7.10. The Hall–Kier alpha value is -1.38. The molecule has 7 nitrogen and oxygen atoms in total. The van der Waals surface area contributed by atoms with E-state index in [1.807, 2.05) is 12.1 Å². The van der Waals surface area contributed by atoms with Gasteiger partial charge in [0.1, 0.15) is 0 Å². The van der Waals surface area contributed by atoms with Crippen LogP contribution in [0.5, 0.6) is 0 Å². The van der Waals surface area contributed by atoms with Gasteiger partial charge < -0.3 is 15.3 Å². The van der Waals surface area contributed by atoms with Crippen molar-refractivity contribution in [2.75, 3.05) is 26.2 Å². The van der Waals surface area contributed by atoms with Crippen LogP contribution in [0.2, 0.25) is 5.02 Å². The third-order valence-corrected chi connectivity index (χ3v) is 5.35. The van der Waals surface area contributed by atoms with Gasteiger partial charge in [0.2, 0.25) is 5.96 Å². The number of hydrogen-bond donors (Lipinski definition) is 5. The molecule has 2 aliphatic heterocycles. The second kappa shape index (κ2) is 9.53. The molecule has 0 spiro atoms. The van der Waals surface area contributed by atoms with E-state index in [0.29, 0.717) is 12.0 Å². The maximum atomic E-state index is 9.24. The number of hydrazine groups is 1. The monoisotopic (exact) mass is 380 g/mol.